The molecule has 2 aromatic rings. The van der Waals surface area contributed by atoms with Gasteiger partial charge in [0.2, 0.25) is 0 Å². The largest absolute Gasteiger partial charge is 0.399 e. The smallest absolute Gasteiger partial charge is 0.253 e. The fourth-order valence-corrected chi connectivity index (χ4v) is 1.90. The zero-order valence-corrected chi connectivity index (χ0v) is 11.5. The summed E-state index contributed by atoms with van der Waals surface area (Å²) >= 11 is 5.99. The summed E-state index contributed by atoms with van der Waals surface area (Å²) < 4.78 is 13.3. The van der Waals surface area contributed by atoms with Gasteiger partial charge in [-0.1, -0.05) is 11.6 Å². The number of benzene rings is 2. The van der Waals surface area contributed by atoms with Crippen molar-refractivity contribution in [2.75, 3.05) is 18.1 Å². The molecule has 0 atom stereocenters. The molecular weight excluding hydrogens is 281 g/mol. The van der Waals surface area contributed by atoms with Gasteiger partial charge >= 0.3 is 0 Å². The van der Waals surface area contributed by atoms with E-state index in [0.29, 0.717) is 27.6 Å². The maximum atomic E-state index is 13.3. The summed E-state index contributed by atoms with van der Waals surface area (Å²) in [7, 11) is 1.53. The molecule has 20 heavy (non-hydrogen) atoms. The molecule has 0 heterocycles. The lowest BCUT2D eigenvalue weighted by Crippen LogP contribution is -2.19. The number of amides is 1. The van der Waals surface area contributed by atoms with Crippen molar-refractivity contribution >= 4 is 34.6 Å². The molecule has 1 amide bonds. The van der Waals surface area contributed by atoms with Crippen molar-refractivity contribution in [2.45, 2.75) is 0 Å². The van der Waals surface area contributed by atoms with Crippen molar-refractivity contribution in [3.63, 3.8) is 0 Å². The molecule has 0 saturated heterocycles. The van der Waals surface area contributed by atoms with Crippen LogP contribution < -0.4 is 16.4 Å². The number of carbonyl (C=O) groups is 1. The molecular formula is C14H13ClFN3O. The van der Waals surface area contributed by atoms with Gasteiger partial charge in [0.05, 0.1) is 22.0 Å². The third-order valence-electron chi connectivity index (χ3n) is 2.71. The van der Waals surface area contributed by atoms with Crippen molar-refractivity contribution < 1.29 is 9.18 Å². The van der Waals surface area contributed by atoms with Gasteiger partial charge in [-0.15, -0.1) is 0 Å². The SMILES string of the molecule is CNC(=O)c1ccc(N)cc1Nc1cc(F)ccc1Cl. The van der Waals surface area contributed by atoms with E-state index in [1.165, 1.54) is 25.2 Å². The Morgan fingerprint density at radius 1 is 1.20 bits per heavy atom. The van der Waals surface area contributed by atoms with Gasteiger partial charge in [-0.05, 0) is 36.4 Å². The Morgan fingerprint density at radius 3 is 2.65 bits per heavy atom. The lowest BCUT2D eigenvalue weighted by molar-refractivity contribution is 0.0964. The highest BCUT2D eigenvalue weighted by molar-refractivity contribution is 6.33. The number of hydrogen-bond donors (Lipinski definition) is 3. The maximum Gasteiger partial charge on any atom is 0.253 e. The van der Waals surface area contributed by atoms with E-state index in [1.54, 1.807) is 18.2 Å². The second-order valence-corrected chi connectivity index (χ2v) is 4.54. The van der Waals surface area contributed by atoms with Gasteiger partial charge < -0.3 is 16.4 Å². The molecule has 104 valence electrons. The predicted octanol–water partition coefficient (Wildman–Crippen LogP) is 3.16. The topological polar surface area (TPSA) is 67.2 Å². The lowest BCUT2D eigenvalue weighted by Gasteiger charge is -2.13. The van der Waals surface area contributed by atoms with E-state index in [1.807, 2.05) is 0 Å². The normalized spacial score (nSPS) is 10.2. The van der Waals surface area contributed by atoms with Crippen LogP contribution in [0.1, 0.15) is 10.4 Å². The van der Waals surface area contributed by atoms with Gasteiger partial charge in [-0.3, -0.25) is 4.79 Å². The van der Waals surface area contributed by atoms with Crippen LogP contribution in [-0.4, -0.2) is 13.0 Å². The fraction of sp³-hybridized carbons (Fsp3) is 0.0714. The van der Waals surface area contributed by atoms with Crippen LogP contribution in [0.15, 0.2) is 36.4 Å². The number of nitrogen functional groups attached to an aromatic ring is 1. The number of rotatable bonds is 3. The van der Waals surface area contributed by atoms with Gasteiger partial charge in [0, 0.05) is 12.7 Å². The molecule has 0 fully saturated rings. The first-order chi connectivity index (χ1) is 9.51. The molecule has 0 unspecified atom stereocenters. The van der Waals surface area contributed by atoms with Crippen LogP contribution in [-0.2, 0) is 0 Å². The number of nitrogens with one attached hydrogen (secondary N) is 2. The molecule has 4 nitrogen and oxygen atoms in total. The Morgan fingerprint density at radius 2 is 1.95 bits per heavy atom. The quantitative estimate of drug-likeness (QED) is 0.762. The maximum absolute atomic E-state index is 13.3. The van der Waals surface area contributed by atoms with Crippen LogP contribution in [0.5, 0.6) is 0 Å². The van der Waals surface area contributed by atoms with Crippen molar-refractivity contribution in [3.8, 4) is 0 Å². The van der Waals surface area contributed by atoms with Crippen LogP contribution >= 0.6 is 11.6 Å². The third-order valence-corrected chi connectivity index (χ3v) is 3.04. The summed E-state index contributed by atoms with van der Waals surface area (Å²) in [5.74, 6) is -0.706. The summed E-state index contributed by atoms with van der Waals surface area (Å²) in [4.78, 5) is 11.8. The molecule has 0 radical (unpaired) electrons. The minimum atomic E-state index is -0.428. The Kier molecular flexibility index (Phi) is 4.10. The van der Waals surface area contributed by atoms with Crippen LogP contribution in [0.2, 0.25) is 5.02 Å². The summed E-state index contributed by atoms with van der Waals surface area (Å²) in [6.07, 6.45) is 0. The molecule has 0 aliphatic heterocycles. The van der Waals surface area contributed by atoms with E-state index < -0.39 is 5.82 Å². The monoisotopic (exact) mass is 293 g/mol. The summed E-state index contributed by atoms with van der Waals surface area (Å²) in [6.45, 7) is 0. The molecule has 4 N–H and O–H groups in total. The number of carbonyl (C=O) groups excluding carboxylic acids is 1. The van der Waals surface area contributed by atoms with E-state index in [0.717, 1.165) is 0 Å². The second kappa shape index (κ2) is 5.79. The first kappa shape index (κ1) is 14.1. The molecule has 0 bridgehead atoms. The molecule has 0 saturated carbocycles. The fourth-order valence-electron chi connectivity index (χ4n) is 1.74. The van der Waals surface area contributed by atoms with E-state index in [2.05, 4.69) is 10.6 Å². The highest BCUT2D eigenvalue weighted by atomic mass is 35.5. The Hall–Kier alpha value is -2.27. The molecule has 0 aliphatic rings. The molecule has 0 spiro atoms. The van der Waals surface area contributed by atoms with Gasteiger partial charge in [0.1, 0.15) is 5.82 Å². The first-order valence-electron chi connectivity index (χ1n) is 5.85. The average molecular weight is 294 g/mol. The standard InChI is InChI=1S/C14H13ClFN3O/c1-18-14(20)10-4-3-9(17)7-12(10)19-13-6-8(16)2-5-11(13)15/h2-7,19H,17H2,1H3,(H,18,20). The lowest BCUT2D eigenvalue weighted by atomic mass is 10.1. The average Bonchev–Trinajstić information content (AvgIpc) is 2.42. The predicted molar refractivity (Wildman–Crippen MR) is 78.9 cm³/mol. The second-order valence-electron chi connectivity index (χ2n) is 4.13. The molecule has 0 aliphatic carbocycles. The number of hydrogen-bond acceptors (Lipinski definition) is 3. The van der Waals surface area contributed by atoms with Crippen LogP contribution in [0.25, 0.3) is 0 Å². The van der Waals surface area contributed by atoms with Crippen LogP contribution in [0, 0.1) is 5.82 Å². The van der Waals surface area contributed by atoms with E-state index in [-0.39, 0.29) is 5.91 Å². The van der Waals surface area contributed by atoms with E-state index in [4.69, 9.17) is 17.3 Å². The van der Waals surface area contributed by atoms with Gasteiger partial charge in [0.25, 0.3) is 5.91 Å². The summed E-state index contributed by atoms with van der Waals surface area (Å²) in [5.41, 5.74) is 7.40. The van der Waals surface area contributed by atoms with E-state index in [9.17, 15) is 9.18 Å². The Balaban J connectivity index is 2.44. The van der Waals surface area contributed by atoms with Gasteiger partial charge in [0.15, 0.2) is 0 Å². The summed E-state index contributed by atoms with van der Waals surface area (Å²) in [6, 6.07) is 8.73. The number of anilines is 3. The molecule has 6 heteroatoms. The van der Waals surface area contributed by atoms with Crippen LogP contribution in [0.4, 0.5) is 21.5 Å². The molecule has 2 rings (SSSR count). The van der Waals surface area contributed by atoms with Crippen molar-refractivity contribution in [1.29, 1.82) is 0 Å². The van der Waals surface area contributed by atoms with Crippen molar-refractivity contribution in [2.24, 2.45) is 0 Å². The van der Waals surface area contributed by atoms with E-state index >= 15 is 0 Å². The minimum Gasteiger partial charge on any atom is -0.399 e. The number of halogens is 2. The zero-order chi connectivity index (χ0) is 14.7. The first-order valence-corrected chi connectivity index (χ1v) is 6.22. The highest BCUT2D eigenvalue weighted by Gasteiger charge is 2.12. The Bertz CT molecular complexity index is 661. The van der Waals surface area contributed by atoms with Crippen LogP contribution in [0.3, 0.4) is 0 Å². The van der Waals surface area contributed by atoms with Crippen molar-refractivity contribution in [1.82, 2.24) is 5.32 Å². The van der Waals surface area contributed by atoms with Crippen molar-refractivity contribution in [3.05, 3.63) is 52.8 Å². The molecule has 0 aromatic heterocycles. The highest BCUT2D eigenvalue weighted by Crippen LogP contribution is 2.29. The Labute approximate surface area is 120 Å². The minimum absolute atomic E-state index is 0.278. The summed E-state index contributed by atoms with van der Waals surface area (Å²) in [5, 5.41) is 5.80. The third kappa shape index (κ3) is 3.00. The molecule has 2 aromatic carbocycles. The van der Waals surface area contributed by atoms with Gasteiger partial charge in [-0.25, -0.2) is 4.39 Å². The zero-order valence-electron chi connectivity index (χ0n) is 10.7. The van der Waals surface area contributed by atoms with Gasteiger partial charge in [-0.2, -0.15) is 0 Å². The number of nitrogens with two attached hydrogens (primary N) is 1.